The lowest BCUT2D eigenvalue weighted by atomic mass is 10.1. The normalized spacial score (nSPS) is 11.5. The topological polar surface area (TPSA) is 82.2 Å². The Morgan fingerprint density at radius 3 is 2.13 bits per heavy atom. The van der Waals surface area contributed by atoms with Gasteiger partial charge in [0.25, 0.3) is 5.91 Å². The number of benzene rings is 3. The zero-order valence-corrected chi connectivity index (χ0v) is 16.1. The van der Waals surface area contributed by atoms with Crippen LogP contribution in [0.4, 0.5) is 35.9 Å². The van der Waals surface area contributed by atoms with Gasteiger partial charge in [0, 0.05) is 23.3 Å². The summed E-state index contributed by atoms with van der Waals surface area (Å²) in [4.78, 5) is 14.2. The minimum atomic E-state index is -4.65. The summed E-state index contributed by atoms with van der Waals surface area (Å²) >= 11 is 0. The molecule has 0 aromatic heterocycles. The van der Waals surface area contributed by atoms with E-state index in [1.54, 1.807) is 65.6 Å². The predicted octanol–water partition coefficient (Wildman–Crippen LogP) is 5.47. The first-order chi connectivity index (χ1) is 14.8. The van der Waals surface area contributed by atoms with E-state index >= 15 is 0 Å². The minimum Gasteiger partial charge on any atom is -0.399 e. The van der Waals surface area contributed by atoms with Crippen molar-refractivity contribution in [1.82, 2.24) is 0 Å². The Balaban J connectivity index is 1.99. The molecule has 0 fully saturated rings. The second-order valence-corrected chi connectivity index (χ2v) is 6.45. The maximum absolute atomic E-state index is 13.2. The summed E-state index contributed by atoms with van der Waals surface area (Å²) in [6, 6.07) is 21.9. The van der Waals surface area contributed by atoms with Crippen molar-refractivity contribution in [3.05, 3.63) is 96.2 Å². The molecule has 0 aliphatic carbocycles. The van der Waals surface area contributed by atoms with E-state index in [2.05, 4.69) is 5.32 Å². The van der Waals surface area contributed by atoms with Gasteiger partial charge in [0.1, 0.15) is 11.6 Å². The summed E-state index contributed by atoms with van der Waals surface area (Å²) in [5.74, 6) is -0.962. The van der Waals surface area contributed by atoms with Crippen molar-refractivity contribution in [3.8, 4) is 6.07 Å². The lowest BCUT2D eigenvalue weighted by molar-refractivity contribution is -0.137. The number of carbonyl (C=O) groups is 1. The third-order valence-corrected chi connectivity index (χ3v) is 4.31. The second kappa shape index (κ2) is 9.05. The first-order valence-electron chi connectivity index (χ1n) is 9.09. The maximum Gasteiger partial charge on any atom is 0.418 e. The summed E-state index contributed by atoms with van der Waals surface area (Å²) in [5.41, 5.74) is 5.71. The molecule has 0 bridgehead atoms. The summed E-state index contributed by atoms with van der Waals surface area (Å²) in [6.45, 7) is 0. The van der Waals surface area contributed by atoms with Crippen molar-refractivity contribution < 1.29 is 18.0 Å². The zero-order valence-electron chi connectivity index (χ0n) is 16.1. The van der Waals surface area contributed by atoms with Crippen LogP contribution in [0.25, 0.3) is 0 Å². The second-order valence-electron chi connectivity index (χ2n) is 6.45. The van der Waals surface area contributed by atoms with Crippen molar-refractivity contribution >= 4 is 28.7 Å². The molecular weight excluding hydrogens is 405 g/mol. The maximum atomic E-state index is 13.2. The number of nitriles is 1. The first-order valence-corrected chi connectivity index (χ1v) is 9.09. The van der Waals surface area contributed by atoms with Crippen LogP contribution in [0.1, 0.15) is 5.56 Å². The molecule has 0 aliphatic heterocycles. The SMILES string of the molecule is N#C/C(=C/N(c1ccccc1)c1ccc(N)cc1)C(=O)Nc1ccccc1C(F)(F)F. The van der Waals surface area contributed by atoms with Gasteiger partial charge in [-0.25, -0.2) is 0 Å². The van der Waals surface area contributed by atoms with Crippen molar-refractivity contribution in [2.45, 2.75) is 6.18 Å². The molecule has 3 aromatic rings. The summed E-state index contributed by atoms with van der Waals surface area (Å²) in [7, 11) is 0. The van der Waals surface area contributed by atoms with Gasteiger partial charge >= 0.3 is 6.18 Å². The molecule has 0 saturated carbocycles. The van der Waals surface area contributed by atoms with E-state index in [4.69, 9.17) is 5.73 Å². The quantitative estimate of drug-likeness (QED) is 0.324. The number of nitrogens with zero attached hydrogens (tertiary/aromatic N) is 2. The highest BCUT2D eigenvalue weighted by Crippen LogP contribution is 2.35. The number of rotatable bonds is 5. The molecule has 31 heavy (non-hydrogen) atoms. The molecule has 0 atom stereocenters. The molecule has 5 nitrogen and oxygen atoms in total. The number of anilines is 4. The summed E-state index contributed by atoms with van der Waals surface area (Å²) in [6.07, 6.45) is -3.38. The predicted molar refractivity (Wildman–Crippen MR) is 113 cm³/mol. The van der Waals surface area contributed by atoms with E-state index in [1.807, 2.05) is 0 Å². The van der Waals surface area contributed by atoms with Gasteiger partial charge in [0.15, 0.2) is 0 Å². The molecule has 3 N–H and O–H groups in total. The fourth-order valence-electron chi connectivity index (χ4n) is 2.82. The Labute approximate surface area is 176 Å². The molecule has 8 heteroatoms. The number of hydrogen-bond acceptors (Lipinski definition) is 4. The molecule has 0 heterocycles. The number of hydrogen-bond donors (Lipinski definition) is 2. The van der Waals surface area contributed by atoms with Gasteiger partial charge in [-0.1, -0.05) is 30.3 Å². The van der Waals surface area contributed by atoms with Crippen LogP contribution in [-0.2, 0) is 11.0 Å². The van der Waals surface area contributed by atoms with Crippen molar-refractivity contribution in [1.29, 1.82) is 5.26 Å². The van der Waals surface area contributed by atoms with Crippen molar-refractivity contribution in [2.75, 3.05) is 16.0 Å². The largest absolute Gasteiger partial charge is 0.418 e. The van der Waals surface area contributed by atoms with Crippen LogP contribution in [-0.4, -0.2) is 5.91 Å². The fraction of sp³-hybridized carbons (Fsp3) is 0.0435. The average Bonchev–Trinajstić information content (AvgIpc) is 2.75. The number of nitrogens with two attached hydrogens (primary N) is 1. The van der Waals surface area contributed by atoms with E-state index < -0.39 is 23.3 Å². The highest BCUT2D eigenvalue weighted by atomic mass is 19.4. The molecule has 0 saturated heterocycles. The number of nitrogens with one attached hydrogen (secondary N) is 1. The lowest BCUT2D eigenvalue weighted by Crippen LogP contribution is -2.20. The monoisotopic (exact) mass is 422 g/mol. The number of carbonyl (C=O) groups excluding carboxylic acids is 1. The number of nitrogen functional groups attached to an aromatic ring is 1. The Hall–Kier alpha value is -4.25. The number of alkyl halides is 3. The summed E-state index contributed by atoms with van der Waals surface area (Å²) in [5, 5.41) is 11.7. The van der Waals surface area contributed by atoms with Gasteiger partial charge in [-0.05, 0) is 48.5 Å². The van der Waals surface area contributed by atoms with E-state index in [0.29, 0.717) is 17.1 Å². The third-order valence-electron chi connectivity index (χ3n) is 4.31. The van der Waals surface area contributed by atoms with Gasteiger partial charge in [0.2, 0.25) is 0 Å². The van der Waals surface area contributed by atoms with E-state index in [0.717, 1.165) is 12.1 Å². The molecular formula is C23H17F3N4O. The van der Waals surface area contributed by atoms with Gasteiger partial charge in [0.05, 0.1) is 11.3 Å². The molecule has 3 aromatic carbocycles. The van der Waals surface area contributed by atoms with Crippen LogP contribution in [0.5, 0.6) is 0 Å². The first kappa shape index (κ1) is 21.5. The molecule has 0 unspecified atom stereocenters. The average molecular weight is 422 g/mol. The van der Waals surface area contributed by atoms with Crippen LogP contribution in [0, 0.1) is 11.3 Å². The molecule has 3 rings (SSSR count). The molecule has 0 radical (unpaired) electrons. The fourth-order valence-corrected chi connectivity index (χ4v) is 2.82. The van der Waals surface area contributed by atoms with Crippen LogP contribution < -0.4 is 16.0 Å². The Kier molecular flexibility index (Phi) is 6.26. The number of para-hydroxylation sites is 2. The van der Waals surface area contributed by atoms with E-state index in [1.165, 1.54) is 18.3 Å². The standard InChI is InChI=1S/C23H17F3N4O/c24-23(25,26)20-8-4-5-9-21(20)29-22(31)16(14-27)15-30(18-6-2-1-3-7-18)19-12-10-17(28)11-13-19/h1-13,15H,28H2,(H,29,31)/b16-15-. The third kappa shape index (κ3) is 5.22. The number of halogens is 3. The van der Waals surface area contributed by atoms with Gasteiger partial charge < -0.3 is 16.0 Å². The Morgan fingerprint density at radius 2 is 1.52 bits per heavy atom. The zero-order chi connectivity index (χ0) is 22.4. The van der Waals surface area contributed by atoms with Crippen LogP contribution in [0.15, 0.2) is 90.6 Å². The molecule has 0 aliphatic rings. The number of amides is 1. The van der Waals surface area contributed by atoms with Crippen molar-refractivity contribution in [2.24, 2.45) is 0 Å². The summed E-state index contributed by atoms with van der Waals surface area (Å²) < 4.78 is 39.7. The van der Waals surface area contributed by atoms with Crippen LogP contribution in [0.3, 0.4) is 0 Å². The lowest BCUT2D eigenvalue weighted by Gasteiger charge is -2.21. The molecule has 156 valence electrons. The van der Waals surface area contributed by atoms with Gasteiger partial charge in [-0.2, -0.15) is 18.4 Å². The van der Waals surface area contributed by atoms with Gasteiger partial charge in [-0.15, -0.1) is 0 Å². The highest BCUT2D eigenvalue weighted by molar-refractivity contribution is 6.07. The van der Waals surface area contributed by atoms with Crippen LogP contribution in [0.2, 0.25) is 0 Å². The van der Waals surface area contributed by atoms with Crippen LogP contribution >= 0.6 is 0 Å². The van der Waals surface area contributed by atoms with E-state index in [-0.39, 0.29) is 5.57 Å². The molecule has 0 spiro atoms. The smallest absolute Gasteiger partial charge is 0.399 e. The Morgan fingerprint density at radius 1 is 0.935 bits per heavy atom. The Bertz CT molecular complexity index is 1130. The highest BCUT2D eigenvalue weighted by Gasteiger charge is 2.33. The van der Waals surface area contributed by atoms with E-state index in [9.17, 15) is 23.2 Å². The minimum absolute atomic E-state index is 0.377. The molecule has 1 amide bonds. The van der Waals surface area contributed by atoms with Gasteiger partial charge in [-0.3, -0.25) is 4.79 Å². The van der Waals surface area contributed by atoms with Crippen molar-refractivity contribution in [3.63, 3.8) is 0 Å².